The molecule has 0 saturated carbocycles. The van der Waals surface area contributed by atoms with Crippen molar-refractivity contribution in [3.63, 3.8) is 0 Å². The van der Waals surface area contributed by atoms with Gasteiger partial charge in [0.25, 0.3) is 0 Å². The minimum atomic E-state index is -2.91. The van der Waals surface area contributed by atoms with Crippen molar-refractivity contribution in [3.05, 3.63) is 23.8 Å². The third kappa shape index (κ3) is 2.41. The van der Waals surface area contributed by atoms with Crippen LogP contribution in [-0.2, 0) is 0 Å². The lowest BCUT2D eigenvalue weighted by Gasteiger charge is -2.12. The molecular weight excluding hydrogens is 216 g/mol. The van der Waals surface area contributed by atoms with Gasteiger partial charge in [0.2, 0.25) is 0 Å². The lowest BCUT2D eigenvalue weighted by Crippen LogP contribution is -2.08. The van der Waals surface area contributed by atoms with Crippen LogP contribution in [0.4, 0.5) is 8.78 Å². The Kier molecular flexibility index (Phi) is 3.24. The third-order valence-electron chi connectivity index (χ3n) is 2.73. The molecule has 3 nitrogen and oxygen atoms in total. The van der Waals surface area contributed by atoms with Crippen LogP contribution in [0.5, 0.6) is 11.5 Å². The Morgan fingerprint density at radius 3 is 2.81 bits per heavy atom. The number of alkyl halides is 2. The van der Waals surface area contributed by atoms with Crippen LogP contribution in [0.25, 0.3) is 0 Å². The summed E-state index contributed by atoms with van der Waals surface area (Å²) in [5.74, 6) is -0.0686. The van der Waals surface area contributed by atoms with Gasteiger partial charge in [-0.05, 0) is 36.6 Å². The molecule has 88 valence electrons. The summed E-state index contributed by atoms with van der Waals surface area (Å²) < 4.78 is 28.1. The van der Waals surface area contributed by atoms with E-state index in [0.717, 1.165) is 25.1 Å². The van der Waals surface area contributed by atoms with Crippen LogP contribution >= 0.6 is 0 Å². The molecule has 1 saturated heterocycles. The topological polar surface area (TPSA) is 41.5 Å². The van der Waals surface area contributed by atoms with Gasteiger partial charge in [0, 0.05) is 6.54 Å². The molecule has 5 heteroatoms. The molecule has 1 aliphatic heterocycles. The van der Waals surface area contributed by atoms with E-state index in [0.29, 0.717) is 5.92 Å². The van der Waals surface area contributed by atoms with Gasteiger partial charge in [-0.2, -0.15) is 8.78 Å². The highest BCUT2D eigenvalue weighted by atomic mass is 19.3. The summed E-state index contributed by atoms with van der Waals surface area (Å²) in [5.41, 5.74) is 0.948. The summed E-state index contributed by atoms with van der Waals surface area (Å²) in [7, 11) is 0. The molecule has 0 spiro atoms. The number of hydrogen-bond acceptors (Lipinski definition) is 3. The SMILES string of the molecule is Oc1cc([C@@H]2CCNC2)ccc1OC(F)F. The van der Waals surface area contributed by atoms with Crippen LogP contribution in [0.2, 0.25) is 0 Å². The monoisotopic (exact) mass is 229 g/mol. The number of benzene rings is 1. The Bertz CT molecular complexity index is 365. The van der Waals surface area contributed by atoms with Gasteiger partial charge in [0.05, 0.1) is 0 Å². The summed E-state index contributed by atoms with van der Waals surface area (Å²) in [4.78, 5) is 0. The molecule has 1 aliphatic rings. The van der Waals surface area contributed by atoms with Crippen molar-refractivity contribution in [1.82, 2.24) is 5.32 Å². The number of aromatic hydroxyl groups is 1. The second-order valence-corrected chi connectivity index (χ2v) is 3.80. The second-order valence-electron chi connectivity index (χ2n) is 3.80. The molecule has 1 aromatic carbocycles. The zero-order valence-electron chi connectivity index (χ0n) is 8.62. The van der Waals surface area contributed by atoms with E-state index < -0.39 is 6.61 Å². The highest BCUT2D eigenvalue weighted by Gasteiger charge is 2.18. The van der Waals surface area contributed by atoms with E-state index in [2.05, 4.69) is 10.1 Å². The van der Waals surface area contributed by atoms with Crippen molar-refractivity contribution in [1.29, 1.82) is 0 Å². The molecule has 1 atom stereocenters. The number of nitrogens with one attached hydrogen (secondary N) is 1. The summed E-state index contributed by atoms with van der Waals surface area (Å²) in [5, 5.41) is 12.7. The summed E-state index contributed by atoms with van der Waals surface area (Å²) in [6.07, 6.45) is 0.995. The Balaban J connectivity index is 2.15. The highest BCUT2D eigenvalue weighted by Crippen LogP contribution is 2.32. The minimum absolute atomic E-state index is 0.176. The van der Waals surface area contributed by atoms with Gasteiger partial charge in [-0.3, -0.25) is 0 Å². The molecule has 0 amide bonds. The maximum Gasteiger partial charge on any atom is 0.387 e. The molecule has 0 unspecified atom stereocenters. The first-order valence-electron chi connectivity index (χ1n) is 5.15. The Labute approximate surface area is 92.0 Å². The largest absolute Gasteiger partial charge is 0.504 e. The van der Waals surface area contributed by atoms with Crippen molar-refractivity contribution in [2.75, 3.05) is 13.1 Å². The standard InChI is InChI=1S/C11H13F2NO2/c12-11(13)16-10-2-1-7(5-9(10)15)8-3-4-14-6-8/h1-2,5,8,11,14-15H,3-4,6H2/t8-/m1/s1. The van der Waals surface area contributed by atoms with Crippen LogP contribution in [0.15, 0.2) is 18.2 Å². The zero-order chi connectivity index (χ0) is 11.5. The van der Waals surface area contributed by atoms with Crippen molar-refractivity contribution < 1.29 is 18.6 Å². The van der Waals surface area contributed by atoms with E-state index in [1.165, 1.54) is 12.1 Å². The Morgan fingerprint density at radius 1 is 1.44 bits per heavy atom. The van der Waals surface area contributed by atoms with E-state index in [9.17, 15) is 13.9 Å². The molecule has 0 bridgehead atoms. The van der Waals surface area contributed by atoms with Crippen molar-refractivity contribution >= 4 is 0 Å². The lowest BCUT2D eigenvalue weighted by molar-refractivity contribution is -0.0512. The van der Waals surface area contributed by atoms with Gasteiger partial charge in [-0.1, -0.05) is 6.07 Å². The van der Waals surface area contributed by atoms with Gasteiger partial charge in [-0.15, -0.1) is 0 Å². The van der Waals surface area contributed by atoms with E-state index >= 15 is 0 Å². The van der Waals surface area contributed by atoms with Gasteiger partial charge in [0.1, 0.15) is 0 Å². The van der Waals surface area contributed by atoms with Crippen LogP contribution in [0, 0.1) is 0 Å². The molecule has 0 radical (unpaired) electrons. The Hall–Kier alpha value is -1.36. The van der Waals surface area contributed by atoms with Gasteiger partial charge in [0.15, 0.2) is 11.5 Å². The predicted molar refractivity (Wildman–Crippen MR) is 55.0 cm³/mol. The molecular formula is C11H13F2NO2. The number of hydrogen-bond donors (Lipinski definition) is 2. The molecule has 1 aromatic rings. The number of ether oxygens (including phenoxy) is 1. The normalized spacial score (nSPS) is 20.3. The predicted octanol–water partition coefficient (Wildman–Crippen LogP) is 2.07. The molecule has 1 fully saturated rings. The third-order valence-corrected chi connectivity index (χ3v) is 2.73. The number of rotatable bonds is 3. The average molecular weight is 229 g/mol. The molecule has 0 aliphatic carbocycles. The molecule has 0 aromatic heterocycles. The molecule has 2 rings (SSSR count). The lowest BCUT2D eigenvalue weighted by atomic mass is 9.98. The Morgan fingerprint density at radius 2 is 2.25 bits per heavy atom. The van der Waals surface area contributed by atoms with Crippen LogP contribution < -0.4 is 10.1 Å². The highest BCUT2D eigenvalue weighted by molar-refractivity contribution is 5.43. The first-order chi connectivity index (χ1) is 7.66. The van der Waals surface area contributed by atoms with E-state index in [1.807, 2.05) is 0 Å². The van der Waals surface area contributed by atoms with Crippen molar-refractivity contribution in [2.45, 2.75) is 19.0 Å². The quantitative estimate of drug-likeness (QED) is 0.833. The molecule has 1 heterocycles. The van der Waals surface area contributed by atoms with E-state index in [1.54, 1.807) is 6.07 Å². The maximum atomic E-state index is 12.0. The first kappa shape index (κ1) is 11.1. The number of halogens is 2. The fourth-order valence-electron chi connectivity index (χ4n) is 1.92. The van der Waals surface area contributed by atoms with Gasteiger partial charge < -0.3 is 15.2 Å². The summed E-state index contributed by atoms with van der Waals surface area (Å²) in [6.45, 7) is -1.11. The van der Waals surface area contributed by atoms with Crippen LogP contribution in [0.3, 0.4) is 0 Å². The van der Waals surface area contributed by atoms with Crippen molar-refractivity contribution in [2.24, 2.45) is 0 Å². The maximum absolute atomic E-state index is 12.0. The van der Waals surface area contributed by atoms with E-state index in [4.69, 9.17) is 0 Å². The van der Waals surface area contributed by atoms with E-state index in [-0.39, 0.29) is 11.5 Å². The second kappa shape index (κ2) is 4.65. The smallest absolute Gasteiger partial charge is 0.387 e. The minimum Gasteiger partial charge on any atom is -0.504 e. The fourth-order valence-corrected chi connectivity index (χ4v) is 1.92. The fraction of sp³-hybridized carbons (Fsp3) is 0.455. The van der Waals surface area contributed by atoms with Crippen LogP contribution in [0.1, 0.15) is 17.9 Å². The molecule has 2 N–H and O–H groups in total. The van der Waals surface area contributed by atoms with Gasteiger partial charge in [-0.25, -0.2) is 0 Å². The average Bonchev–Trinajstić information content (AvgIpc) is 2.73. The summed E-state index contributed by atoms with van der Waals surface area (Å²) >= 11 is 0. The zero-order valence-corrected chi connectivity index (χ0v) is 8.62. The number of phenols is 1. The number of phenolic OH excluding ortho intramolecular Hbond substituents is 1. The summed E-state index contributed by atoms with van der Waals surface area (Å²) in [6, 6.07) is 4.60. The van der Waals surface area contributed by atoms with Crippen molar-refractivity contribution in [3.8, 4) is 11.5 Å². The first-order valence-corrected chi connectivity index (χ1v) is 5.15. The van der Waals surface area contributed by atoms with Gasteiger partial charge >= 0.3 is 6.61 Å². The van der Waals surface area contributed by atoms with Crippen LogP contribution in [-0.4, -0.2) is 24.8 Å². The molecule has 16 heavy (non-hydrogen) atoms.